The maximum atomic E-state index is 12.6. The second kappa shape index (κ2) is 7.22. The summed E-state index contributed by atoms with van der Waals surface area (Å²) >= 11 is 6.22. The number of amides is 1. The third kappa shape index (κ3) is 3.54. The van der Waals surface area contributed by atoms with E-state index in [-0.39, 0.29) is 11.9 Å². The number of carbonyl (C=O) groups excluding carboxylic acids is 1. The van der Waals surface area contributed by atoms with Crippen molar-refractivity contribution in [3.8, 4) is 0 Å². The van der Waals surface area contributed by atoms with Gasteiger partial charge in [0.1, 0.15) is 5.15 Å². The summed E-state index contributed by atoms with van der Waals surface area (Å²) in [7, 11) is 1.80. The van der Waals surface area contributed by atoms with Crippen LogP contribution in [0.3, 0.4) is 0 Å². The van der Waals surface area contributed by atoms with Crippen LogP contribution in [-0.4, -0.2) is 33.2 Å². The van der Waals surface area contributed by atoms with E-state index in [0.717, 1.165) is 37.1 Å². The van der Waals surface area contributed by atoms with Crippen LogP contribution in [0.4, 0.5) is 0 Å². The molecule has 2 aromatic rings. The van der Waals surface area contributed by atoms with Gasteiger partial charge in [-0.25, -0.2) is 0 Å². The molecule has 24 heavy (non-hydrogen) atoms. The average molecular weight is 344 g/mol. The zero-order valence-electron chi connectivity index (χ0n) is 14.1. The molecule has 0 saturated carbocycles. The summed E-state index contributed by atoms with van der Waals surface area (Å²) in [5.74, 6) is 0.0488. The Kier molecular flexibility index (Phi) is 5.05. The molecule has 0 bridgehead atoms. The Balaban J connectivity index is 1.70. The van der Waals surface area contributed by atoms with Crippen molar-refractivity contribution in [2.24, 2.45) is 7.05 Å². The molecule has 0 N–H and O–H groups in total. The first-order valence-corrected chi connectivity index (χ1v) is 8.65. The first-order chi connectivity index (χ1) is 11.6. The van der Waals surface area contributed by atoms with Gasteiger partial charge in [0.15, 0.2) is 0 Å². The van der Waals surface area contributed by atoms with E-state index in [4.69, 9.17) is 11.6 Å². The monoisotopic (exact) mass is 343 g/mol. The van der Waals surface area contributed by atoms with Crippen LogP contribution in [-0.2, 0) is 18.3 Å². The molecule has 1 aliphatic rings. The Labute approximate surface area is 147 Å². The first kappa shape index (κ1) is 16.8. The lowest BCUT2D eigenvalue weighted by Crippen LogP contribution is -2.35. The van der Waals surface area contributed by atoms with Crippen LogP contribution in [0.2, 0.25) is 5.15 Å². The van der Waals surface area contributed by atoms with Crippen molar-refractivity contribution in [1.29, 1.82) is 0 Å². The standard InChI is InChI=1S/C19H22ClN3O/c1-14-17(19(20)22(2)21-14)10-11-18(24)23-12-6-9-16(23)13-15-7-4-3-5-8-15/h3-5,7-8,10-11,16H,6,9,12-13H2,1-2H3/b11-10+. The predicted molar refractivity (Wildman–Crippen MR) is 96.9 cm³/mol. The van der Waals surface area contributed by atoms with Gasteiger partial charge >= 0.3 is 0 Å². The highest BCUT2D eigenvalue weighted by atomic mass is 35.5. The van der Waals surface area contributed by atoms with Gasteiger partial charge in [-0.2, -0.15) is 5.10 Å². The van der Waals surface area contributed by atoms with E-state index in [1.807, 2.05) is 30.0 Å². The summed E-state index contributed by atoms with van der Waals surface area (Å²) in [6, 6.07) is 10.6. The maximum Gasteiger partial charge on any atom is 0.246 e. The second-order valence-corrected chi connectivity index (χ2v) is 6.62. The third-order valence-corrected chi connectivity index (χ3v) is 5.01. The number of likely N-dealkylation sites (tertiary alicyclic amines) is 1. The fourth-order valence-electron chi connectivity index (χ4n) is 3.31. The minimum absolute atomic E-state index is 0.0488. The zero-order valence-corrected chi connectivity index (χ0v) is 14.8. The highest BCUT2D eigenvalue weighted by Gasteiger charge is 2.27. The summed E-state index contributed by atoms with van der Waals surface area (Å²) in [6.45, 7) is 2.71. The molecule has 1 aromatic carbocycles. The van der Waals surface area contributed by atoms with Crippen molar-refractivity contribution in [3.63, 3.8) is 0 Å². The van der Waals surface area contributed by atoms with Crippen LogP contribution in [0.15, 0.2) is 36.4 Å². The molecule has 5 heteroatoms. The molecular weight excluding hydrogens is 322 g/mol. The van der Waals surface area contributed by atoms with Crippen molar-refractivity contribution in [3.05, 3.63) is 58.4 Å². The normalized spacial score (nSPS) is 17.8. The summed E-state index contributed by atoms with van der Waals surface area (Å²) in [5.41, 5.74) is 2.91. The van der Waals surface area contributed by atoms with Crippen LogP contribution in [0, 0.1) is 6.92 Å². The predicted octanol–water partition coefficient (Wildman–Crippen LogP) is 3.63. The van der Waals surface area contributed by atoms with Gasteiger partial charge < -0.3 is 4.90 Å². The molecule has 1 atom stereocenters. The zero-order chi connectivity index (χ0) is 17.1. The highest BCUT2D eigenvalue weighted by Crippen LogP contribution is 2.23. The van der Waals surface area contributed by atoms with E-state index in [0.29, 0.717) is 5.15 Å². The number of nitrogens with zero attached hydrogens (tertiary/aromatic N) is 3. The molecular formula is C19H22ClN3O. The van der Waals surface area contributed by atoms with Crippen molar-refractivity contribution in [2.75, 3.05) is 6.54 Å². The molecule has 2 heterocycles. The minimum atomic E-state index is 0.0488. The Hall–Kier alpha value is -2.07. The van der Waals surface area contributed by atoms with E-state index in [2.05, 4.69) is 17.2 Å². The van der Waals surface area contributed by atoms with Crippen LogP contribution in [0.1, 0.15) is 29.7 Å². The molecule has 126 valence electrons. The van der Waals surface area contributed by atoms with E-state index >= 15 is 0 Å². The van der Waals surface area contributed by atoms with Gasteiger partial charge in [0.2, 0.25) is 5.91 Å². The lowest BCUT2D eigenvalue weighted by atomic mass is 10.0. The Bertz CT molecular complexity index is 751. The quantitative estimate of drug-likeness (QED) is 0.795. The SMILES string of the molecule is Cc1nn(C)c(Cl)c1/C=C/C(=O)N1CCCC1Cc1ccccc1. The number of rotatable bonds is 4. The summed E-state index contributed by atoms with van der Waals surface area (Å²) in [4.78, 5) is 14.6. The molecule has 1 amide bonds. The Morgan fingerprint density at radius 3 is 2.79 bits per heavy atom. The van der Waals surface area contributed by atoms with Crippen LogP contribution in [0.25, 0.3) is 6.08 Å². The van der Waals surface area contributed by atoms with Gasteiger partial charge in [-0.05, 0) is 37.8 Å². The van der Waals surface area contributed by atoms with Gasteiger partial charge in [-0.15, -0.1) is 0 Å². The molecule has 0 radical (unpaired) electrons. The van der Waals surface area contributed by atoms with Crippen LogP contribution >= 0.6 is 11.6 Å². The van der Waals surface area contributed by atoms with Crippen LogP contribution < -0.4 is 0 Å². The van der Waals surface area contributed by atoms with Gasteiger partial charge in [0, 0.05) is 31.3 Å². The number of benzene rings is 1. The van der Waals surface area contributed by atoms with Crippen molar-refractivity contribution < 1.29 is 4.79 Å². The van der Waals surface area contributed by atoms with E-state index < -0.39 is 0 Å². The fourth-order valence-corrected chi connectivity index (χ4v) is 3.55. The molecule has 1 unspecified atom stereocenters. The molecule has 0 aliphatic carbocycles. The summed E-state index contributed by atoms with van der Waals surface area (Å²) in [5, 5.41) is 4.82. The molecule has 1 aliphatic heterocycles. The number of carbonyl (C=O) groups is 1. The number of aryl methyl sites for hydroxylation is 2. The number of hydrogen-bond donors (Lipinski definition) is 0. The Morgan fingerprint density at radius 1 is 1.38 bits per heavy atom. The Morgan fingerprint density at radius 2 is 2.12 bits per heavy atom. The van der Waals surface area contributed by atoms with Gasteiger partial charge in [-0.1, -0.05) is 41.9 Å². The van der Waals surface area contributed by atoms with Gasteiger partial charge in [0.05, 0.1) is 5.69 Å². The maximum absolute atomic E-state index is 12.6. The average Bonchev–Trinajstić information content (AvgIpc) is 3.12. The first-order valence-electron chi connectivity index (χ1n) is 8.28. The van der Waals surface area contributed by atoms with Gasteiger partial charge in [-0.3, -0.25) is 9.48 Å². The van der Waals surface area contributed by atoms with E-state index in [1.54, 1.807) is 23.9 Å². The molecule has 0 spiro atoms. The fraction of sp³-hybridized carbons (Fsp3) is 0.368. The lowest BCUT2D eigenvalue weighted by molar-refractivity contribution is -0.126. The molecule has 1 aromatic heterocycles. The van der Waals surface area contributed by atoms with Crippen molar-refractivity contribution in [2.45, 2.75) is 32.2 Å². The highest BCUT2D eigenvalue weighted by molar-refractivity contribution is 6.31. The largest absolute Gasteiger partial charge is 0.336 e. The van der Waals surface area contributed by atoms with Gasteiger partial charge in [0.25, 0.3) is 0 Å². The van der Waals surface area contributed by atoms with E-state index in [1.165, 1.54) is 5.56 Å². The third-order valence-electron chi connectivity index (χ3n) is 4.56. The van der Waals surface area contributed by atoms with Crippen molar-refractivity contribution >= 4 is 23.6 Å². The molecule has 1 saturated heterocycles. The topological polar surface area (TPSA) is 38.1 Å². The number of aromatic nitrogens is 2. The second-order valence-electron chi connectivity index (χ2n) is 6.26. The lowest BCUT2D eigenvalue weighted by Gasteiger charge is -2.23. The van der Waals surface area contributed by atoms with Crippen molar-refractivity contribution in [1.82, 2.24) is 14.7 Å². The molecule has 3 rings (SSSR count). The van der Waals surface area contributed by atoms with Crippen LogP contribution in [0.5, 0.6) is 0 Å². The molecule has 1 fully saturated rings. The number of hydrogen-bond acceptors (Lipinski definition) is 2. The number of halogens is 1. The summed E-state index contributed by atoms with van der Waals surface area (Å²) < 4.78 is 1.62. The summed E-state index contributed by atoms with van der Waals surface area (Å²) in [6.07, 6.45) is 6.43. The minimum Gasteiger partial charge on any atom is -0.336 e. The smallest absolute Gasteiger partial charge is 0.246 e. The van der Waals surface area contributed by atoms with E-state index in [9.17, 15) is 4.79 Å². The molecule has 4 nitrogen and oxygen atoms in total.